The van der Waals surface area contributed by atoms with Crippen molar-refractivity contribution in [2.24, 2.45) is 0 Å². The first-order valence-corrected chi connectivity index (χ1v) is 7.78. The third-order valence-electron chi connectivity index (χ3n) is 4.24. The first-order valence-electron chi connectivity index (χ1n) is 7.78. The second-order valence-electron chi connectivity index (χ2n) is 5.73. The van der Waals surface area contributed by atoms with Crippen molar-refractivity contribution >= 4 is 0 Å². The van der Waals surface area contributed by atoms with E-state index >= 15 is 0 Å². The van der Waals surface area contributed by atoms with Gasteiger partial charge in [-0.05, 0) is 60.1 Å². The van der Waals surface area contributed by atoms with Crippen LogP contribution in [0.1, 0.15) is 48.1 Å². The van der Waals surface area contributed by atoms with E-state index in [4.69, 9.17) is 4.74 Å². The Kier molecular flexibility index (Phi) is 4.26. The van der Waals surface area contributed by atoms with Gasteiger partial charge >= 0.3 is 0 Å². The van der Waals surface area contributed by atoms with Gasteiger partial charge in [-0.25, -0.2) is 0 Å². The molecule has 0 saturated carbocycles. The third-order valence-corrected chi connectivity index (χ3v) is 4.24. The molecule has 0 amide bonds. The zero-order chi connectivity index (χ0) is 14.7. The van der Waals surface area contributed by atoms with Gasteiger partial charge in [-0.2, -0.15) is 0 Å². The highest BCUT2D eigenvalue weighted by molar-refractivity contribution is 5.38. The summed E-state index contributed by atoms with van der Waals surface area (Å²) in [5, 5.41) is 10.1. The highest BCUT2D eigenvalue weighted by atomic mass is 16.5. The van der Waals surface area contributed by atoms with Crippen LogP contribution in [0.5, 0.6) is 5.75 Å². The fourth-order valence-electron chi connectivity index (χ4n) is 2.88. The molecule has 2 nitrogen and oxygen atoms in total. The summed E-state index contributed by atoms with van der Waals surface area (Å²) in [6.07, 6.45) is 3.71. The van der Waals surface area contributed by atoms with Gasteiger partial charge in [0.2, 0.25) is 0 Å². The van der Waals surface area contributed by atoms with Crippen molar-refractivity contribution in [2.75, 3.05) is 0 Å². The van der Waals surface area contributed by atoms with Gasteiger partial charge in [-0.1, -0.05) is 37.3 Å². The SMILES string of the molecule is CCc1ccc(COc2ccc3c(c2)C(O)CCC3)cc1. The molecule has 0 saturated heterocycles. The van der Waals surface area contributed by atoms with Crippen LogP contribution in [-0.2, 0) is 19.4 Å². The molecule has 0 bridgehead atoms. The molecule has 0 aliphatic heterocycles. The molecule has 1 aliphatic carbocycles. The second kappa shape index (κ2) is 6.31. The Labute approximate surface area is 126 Å². The van der Waals surface area contributed by atoms with E-state index < -0.39 is 0 Å². The van der Waals surface area contributed by atoms with Gasteiger partial charge in [0.25, 0.3) is 0 Å². The number of hydrogen-bond acceptors (Lipinski definition) is 2. The van der Waals surface area contributed by atoms with Crippen LogP contribution in [-0.4, -0.2) is 5.11 Å². The average molecular weight is 282 g/mol. The average Bonchev–Trinajstić information content (AvgIpc) is 2.54. The van der Waals surface area contributed by atoms with E-state index in [1.54, 1.807) is 0 Å². The van der Waals surface area contributed by atoms with Gasteiger partial charge < -0.3 is 9.84 Å². The van der Waals surface area contributed by atoms with Gasteiger partial charge in [0.05, 0.1) is 6.10 Å². The van der Waals surface area contributed by atoms with Crippen LogP contribution in [0.15, 0.2) is 42.5 Å². The van der Waals surface area contributed by atoms with Gasteiger partial charge in [0.1, 0.15) is 12.4 Å². The summed E-state index contributed by atoms with van der Waals surface area (Å²) in [6.45, 7) is 2.73. The number of benzene rings is 2. The van der Waals surface area contributed by atoms with E-state index in [2.05, 4.69) is 37.3 Å². The molecular formula is C19H22O2. The van der Waals surface area contributed by atoms with E-state index in [-0.39, 0.29) is 6.10 Å². The first-order chi connectivity index (χ1) is 10.3. The summed E-state index contributed by atoms with van der Waals surface area (Å²) in [6, 6.07) is 14.6. The summed E-state index contributed by atoms with van der Waals surface area (Å²) in [4.78, 5) is 0. The quantitative estimate of drug-likeness (QED) is 0.910. The van der Waals surface area contributed by atoms with Crippen molar-refractivity contribution < 1.29 is 9.84 Å². The van der Waals surface area contributed by atoms with Crippen molar-refractivity contribution in [3.05, 3.63) is 64.7 Å². The molecule has 3 rings (SSSR count). The molecule has 2 aromatic rings. The van der Waals surface area contributed by atoms with Crippen LogP contribution in [0.3, 0.4) is 0 Å². The molecule has 0 heterocycles. The fourth-order valence-corrected chi connectivity index (χ4v) is 2.88. The maximum atomic E-state index is 10.1. The normalized spacial score (nSPS) is 17.3. The molecule has 110 valence electrons. The van der Waals surface area contributed by atoms with Crippen LogP contribution in [0.4, 0.5) is 0 Å². The highest BCUT2D eigenvalue weighted by Crippen LogP contribution is 2.32. The Balaban J connectivity index is 1.68. The third kappa shape index (κ3) is 3.27. The van der Waals surface area contributed by atoms with Gasteiger partial charge in [0.15, 0.2) is 0 Å². The zero-order valence-electron chi connectivity index (χ0n) is 12.5. The lowest BCUT2D eigenvalue weighted by molar-refractivity contribution is 0.156. The van der Waals surface area contributed by atoms with Crippen molar-refractivity contribution in [2.45, 2.75) is 45.3 Å². The van der Waals surface area contributed by atoms with Crippen molar-refractivity contribution in [3.8, 4) is 5.75 Å². The van der Waals surface area contributed by atoms with E-state index in [0.717, 1.165) is 37.0 Å². The van der Waals surface area contributed by atoms with Crippen LogP contribution in [0.2, 0.25) is 0 Å². The van der Waals surface area contributed by atoms with Crippen molar-refractivity contribution in [1.29, 1.82) is 0 Å². The van der Waals surface area contributed by atoms with Gasteiger partial charge in [-0.15, -0.1) is 0 Å². The summed E-state index contributed by atoms with van der Waals surface area (Å²) in [5.74, 6) is 0.842. The molecule has 0 spiro atoms. The molecule has 2 heteroatoms. The lowest BCUT2D eigenvalue weighted by Crippen LogP contribution is -2.09. The predicted octanol–water partition coefficient (Wildman–Crippen LogP) is 4.20. The topological polar surface area (TPSA) is 29.5 Å². The number of hydrogen-bond donors (Lipinski definition) is 1. The second-order valence-corrected chi connectivity index (χ2v) is 5.73. The number of rotatable bonds is 4. The predicted molar refractivity (Wildman–Crippen MR) is 84.5 cm³/mol. The standard InChI is InChI=1S/C19H22O2/c1-2-14-6-8-15(9-7-14)13-21-17-11-10-16-4-3-5-19(20)18(16)12-17/h6-12,19-20H,2-5,13H2,1H3. The molecule has 0 fully saturated rings. The summed E-state index contributed by atoms with van der Waals surface area (Å²) < 4.78 is 5.87. The monoisotopic (exact) mass is 282 g/mol. The Morgan fingerprint density at radius 2 is 1.86 bits per heavy atom. The molecule has 1 N–H and O–H groups in total. The minimum absolute atomic E-state index is 0.332. The molecule has 1 unspecified atom stereocenters. The molecular weight excluding hydrogens is 260 g/mol. The first kappa shape index (κ1) is 14.2. The van der Waals surface area contributed by atoms with Gasteiger partial charge in [0, 0.05) is 0 Å². The summed E-state index contributed by atoms with van der Waals surface area (Å²) >= 11 is 0. The van der Waals surface area contributed by atoms with Crippen LogP contribution in [0.25, 0.3) is 0 Å². The largest absolute Gasteiger partial charge is 0.489 e. The smallest absolute Gasteiger partial charge is 0.120 e. The maximum absolute atomic E-state index is 10.1. The zero-order valence-corrected chi connectivity index (χ0v) is 12.5. The minimum Gasteiger partial charge on any atom is -0.489 e. The van der Waals surface area contributed by atoms with E-state index in [0.29, 0.717) is 6.61 Å². The summed E-state index contributed by atoms with van der Waals surface area (Å²) in [5.41, 5.74) is 4.81. The van der Waals surface area contributed by atoms with E-state index in [1.165, 1.54) is 16.7 Å². The van der Waals surface area contributed by atoms with Gasteiger partial charge in [-0.3, -0.25) is 0 Å². The Morgan fingerprint density at radius 3 is 2.62 bits per heavy atom. The van der Waals surface area contributed by atoms with Crippen LogP contribution < -0.4 is 4.74 Å². The van der Waals surface area contributed by atoms with Crippen molar-refractivity contribution in [1.82, 2.24) is 0 Å². The van der Waals surface area contributed by atoms with Crippen LogP contribution in [0, 0.1) is 0 Å². The molecule has 1 atom stereocenters. The molecule has 0 aromatic heterocycles. The Morgan fingerprint density at radius 1 is 1.10 bits per heavy atom. The fraction of sp³-hybridized carbons (Fsp3) is 0.368. The maximum Gasteiger partial charge on any atom is 0.120 e. The lowest BCUT2D eigenvalue weighted by Gasteiger charge is -2.22. The summed E-state index contributed by atoms with van der Waals surface area (Å²) in [7, 11) is 0. The molecule has 21 heavy (non-hydrogen) atoms. The minimum atomic E-state index is -0.332. The number of ether oxygens (including phenoxy) is 1. The number of aryl methyl sites for hydroxylation is 2. The van der Waals surface area contributed by atoms with E-state index in [9.17, 15) is 5.11 Å². The van der Waals surface area contributed by atoms with E-state index in [1.807, 2.05) is 12.1 Å². The Bertz CT molecular complexity index is 601. The number of aliphatic hydroxyl groups excluding tert-OH is 1. The number of fused-ring (bicyclic) bond motifs is 1. The Hall–Kier alpha value is -1.80. The lowest BCUT2D eigenvalue weighted by atomic mass is 9.89. The van der Waals surface area contributed by atoms with Crippen LogP contribution >= 0.6 is 0 Å². The number of aliphatic hydroxyl groups is 1. The highest BCUT2D eigenvalue weighted by Gasteiger charge is 2.18. The van der Waals surface area contributed by atoms with Crippen molar-refractivity contribution in [3.63, 3.8) is 0 Å². The molecule has 2 aromatic carbocycles. The molecule has 1 aliphatic rings. The molecule has 0 radical (unpaired) electrons.